The van der Waals surface area contributed by atoms with Gasteiger partial charge in [0.15, 0.2) is 0 Å². The second kappa shape index (κ2) is 5.38. The van der Waals surface area contributed by atoms with Gasteiger partial charge < -0.3 is 10.6 Å². The number of hydrogen-bond acceptors (Lipinski definition) is 3. The molecule has 0 aliphatic rings. The van der Waals surface area contributed by atoms with Crippen LogP contribution in [0.1, 0.15) is 0 Å². The average Bonchev–Trinajstić information content (AvgIpc) is 2.34. The lowest BCUT2D eigenvalue weighted by atomic mass is 10.3. The third-order valence-corrected chi connectivity index (χ3v) is 3.47. The van der Waals surface area contributed by atoms with E-state index in [2.05, 4.69) is 31.5 Å². The standard InChI is InChI=1S/C12H11BrClN3/c1-15-9-4-10(7-16-6-9)17-8-2-3-11(13)12(14)5-8/h2-7,15,17H,1H3. The number of rotatable bonds is 3. The van der Waals surface area contributed by atoms with E-state index in [0.29, 0.717) is 5.02 Å². The molecule has 1 heterocycles. The Hall–Kier alpha value is -1.26. The van der Waals surface area contributed by atoms with Gasteiger partial charge in [-0.1, -0.05) is 11.6 Å². The number of nitrogens with one attached hydrogen (secondary N) is 2. The molecule has 0 bridgehead atoms. The molecule has 1 aromatic carbocycles. The van der Waals surface area contributed by atoms with Crippen molar-refractivity contribution >= 4 is 44.6 Å². The Labute approximate surface area is 113 Å². The van der Waals surface area contributed by atoms with Gasteiger partial charge in [0.1, 0.15) is 0 Å². The third-order valence-electron chi connectivity index (χ3n) is 2.24. The number of pyridine rings is 1. The van der Waals surface area contributed by atoms with Crippen molar-refractivity contribution in [2.75, 3.05) is 17.7 Å². The molecule has 0 saturated heterocycles. The summed E-state index contributed by atoms with van der Waals surface area (Å²) in [7, 11) is 1.86. The fourth-order valence-corrected chi connectivity index (χ4v) is 1.81. The Morgan fingerprint density at radius 2 is 1.88 bits per heavy atom. The number of hydrogen-bond donors (Lipinski definition) is 2. The second-order valence-electron chi connectivity index (χ2n) is 3.47. The monoisotopic (exact) mass is 311 g/mol. The highest BCUT2D eigenvalue weighted by atomic mass is 79.9. The molecule has 17 heavy (non-hydrogen) atoms. The molecular weight excluding hydrogens is 302 g/mol. The molecule has 0 aliphatic carbocycles. The zero-order chi connectivity index (χ0) is 12.3. The highest BCUT2D eigenvalue weighted by molar-refractivity contribution is 9.10. The third kappa shape index (κ3) is 3.11. The summed E-state index contributed by atoms with van der Waals surface area (Å²) in [6.07, 6.45) is 3.52. The topological polar surface area (TPSA) is 37.0 Å². The van der Waals surface area contributed by atoms with E-state index in [-0.39, 0.29) is 0 Å². The first-order chi connectivity index (χ1) is 8.19. The van der Waals surface area contributed by atoms with Crippen LogP contribution in [0, 0.1) is 0 Å². The van der Waals surface area contributed by atoms with Crippen LogP contribution >= 0.6 is 27.5 Å². The maximum atomic E-state index is 6.02. The summed E-state index contributed by atoms with van der Waals surface area (Å²) in [4.78, 5) is 4.12. The van der Waals surface area contributed by atoms with Gasteiger partial charge in [0.2, 0.25) is 0 Å². The van der Waals surface area contributed by atoms with Crippen LogP contribution in [0.3, 0.4) is 0 Å². The van der Waals surface area contributed by atoms with Crippen LogP contribution in [-0.2, 0) is 0 Å². The molecule has 0 aliphatic heterocycles. The van der Waals surface area contributed by atoms with E-state index in [9.17, 15) is 0 Å². The van der Waals surface area contributed by atoms with Crippen molar-refractivity contribution in [2.24, 2.45) is 0 Å². The Kier molecular flexibility index (Phi) is 3.86. The Morgan fingerprint density at radius 3 is 2.59 bits per heavy atom. The molecular formula is C12H11BrClN3. The van der Waals surface area contributed by atoms with Crippen molar-refractivity contribution in [3.05, 3.63) is 46.2 Å². The highest BCUT2D eigenvalue weighted by Crippen LogP contribution is 2.27. The predicted molar refractivity (Wildman–Crippen MR) is 76.2 cm³/mol. The van der Waals surface area contributed by atoms with Crippen LogP contribution in [0.5, 0.6) is 0 Å². The van der Waals surface area contributed by atoms with Crippen molar-refractivity contribution in [3.8, 4) is 0 Å². The van der Waals surface area contributed by atoms with Crippen molar-refractivity contribution in [1.29, 1.82) is 0 Å². The molecule has 0 atom stereocenters. The van der Waals surface area contributed by atoms with Crippen molar-refractivity contribution < 1.29 is 0 Å². The normalized spacial score (nSPS) is 10.1. The summed E-state index contributed by atoms with van der Waals surface area (Å²) < 4.78 is 0.881. The minimum Gasteiger partial charge on any atom is -0.387 e. The van der Waals surface area contributed by atoms with E-state index in [1.807, 2.05) is 31.3 Å². The van der Waals surface area contributed by atoms with E-state index in [0.717, 1.165) is 21.5 Å². The summed E-state index contributed by atoms with van der Waals surface area (Å²) in [5.41, 5.74) is 2.79. The summed E-state index contributed by atoms with van der Waals surface area (Å²) in [6, 6.07) is 7.68. The van der Waals surface area contributed by atoms with E-state index >= 15 is 0 Å². The first-order valence-electron chi connectivity index (χ1n) is 5.04. The lowest BCUT2D eigenvalue weighted by molar-refractivity contribution is 1.30. The van der Waals surface area contributed by atoms with Gasteiger partial charge in [-0.05, 0) is 40.2 Å². The van der Waals surface area contributed by atoms with E-state index in [1.54, 1.807) is 12.4 Å². The van der Waals surface area contributed by atoms with E-state index < -0.39 is 0 Å². The number of anilines is 3. The fraction of sp³-hybridized carbons (Fsp3) is 0.0833. The van der Waals surface area contributed by atoms with Crippen molar-refractivity contribution in [2.45, 2.75) is 0 Å². The maximum absolute atomic E-state index is 6.02. The van der Waals surface area contributed by atoms with Crippen LogP contribution in [-0.4, -0.2) is 12.0 Å². The first kappa shape index (κ1) is 12.2. The fourth-order valence-electron chi connectivity index (χ4n) is 1.39. The van der Waals surface area contributed by atoms with Gasteiger partial charge in [-0.15, -0.1) is 0 Å². The highest BCUT2D eigenvalue weighted by Gasteiger charge is 2.00. The lowest BCUT2D eigenvalue weighted by Gasteiger charge is -2.08. The molecule has 2 N–H and O–H groups in total. The van der Waals surface area contributed by atoms with Crippen LogP contribution in [0.25, 0.3) is 0 Å². The Morgan fingerprint density at radius 1 is 1.12 bits per heavy atom. The minimum absolute atomic E-state index is 0.674. The van der Waals surface area contributed by atoms with Crippen molar-refractivity contribution in [3.63, 3.8) is 0 Å². The zero-order valence-electron chi connectivity index (χ0n) is 9.17. The molecule has 0 spiro atoms. The van der Waals surface area contributed by atoms with Crippen molar-refractivity contribution in [1.82, 2.24) is 4.98 Å². The summed E-state index contributed by atoms with van der Waals surface area (Å²) in [5.74, 6) is 0. The molecule has 0 radical (unpaired) electrons. The molecule has 88 valence electrons. The SMILES string of the molecule is CNc1cncc(Nc2ccc(Br)c(Cl)c2)c1. The maximum Gasteiger partial charge on any atom is 0.0591 e. The molecule has 5 heteroatoms. The zero-order valence-corrected chi connectivity index (χ0v) is 11.5. The van der Waals surface area contributed by atoms with Crippen LogP contribution in [0.4, 0.5) is 17.1 Å². The largest absolute Gasteiger partial charge is 0.387 e. The molecule has 1 aromatic heterocycles. The van der Waals surface area contributed by atoms with Crippen LogP contribution in [0.15, 0.2) is 41.1 Å². The molecule has 3 nitrogen and oxygen atoms in total. The molecule has 0 unspecified atom stereocenters. The molecule has 2 aromatic rings. The molecule has 0 amide bonds. The number of aromatic nitrogens is 1. The van der Waals surface area contributed by atoms with Gasteiger partial charge in [0.05, 0.1) is 28.8 Å². The number of halogens is 2. The van der Waals surface area contributed by atoms with Gasteiger partial charge >= 0.3 is 0 Å². The van der Waals surface area contributed by atoms with Gasteiger partial charge in [-0.3, -0.25) is 4.98 Å². The van der Waals surface area contributed by atoms with Gasteiger partial charge in [-0.2, -0.15) is 0 Å². The Balaban J connectivity index is 2.22. The van der Waals surface area contributed by atoms with Gasteiger partial charge in [0, 0.05) is 17.2 Å². The van der Waals surface area contributed by atoms with Gasteiger partial charge in [0.25, 0.3) is 0 Å². The average molecular weight is 313 g/mol. The Bertz CT molecular complexity index is 531. The predicted octanol–water partition coefficient (Wildman–Crippen LogP) is 4.28. The first-order valence-corrected chi connectivity index (χ1v) is 6.21. The summed E-state index contributed by atoms with van der Waals surface area (Å²) >= 11 is 9.38. The molecule has 0 fully saturated rings. The molecule has 2 rings (SSSR count). The lowest BCUT2D eigenvalue weighted by Crippen LogP contribution is -1.94. The summed E-state index contributed by atoms with van der Waals surface area (Å²) in [5, 5.41) is 6.95. The second-order valence-corrected chi connectivity index (χ2v) is 4.73. The van der Waals surface area contributed by atoms with Crippen LogP contribution in [0.2, 0.25) is 5.02 Å². The van der Waals surface area contributed by atoms with Crippen LogP contribution < -0.4 is 10.6 Å². The van der Waals surface area contributed by atoms with E-state index in [4.69, 9.17) is 11.6 Å². The molecule has 0 saturated carbocycles. The smallest absolute Gasteiger partial charge is 0.0591 e. The number of nitrogens with zero attached hydrogens (tertiary/aromatic N) is 1. The minimum atomic E-state index is 0.674. The summed E-state index contributed by atoms with van der Waals surface area (Å²) in [6.45, 7) is 0. The number of benzene rings is 1. The quantitative estimate of drug-likeness (QED) is 0.888. The van der Waals surface area contributed by atoms with Gasteiger partial charge in [-0.25, -0.2) is 0 Å². The van der Waals surface area contributed by atoms with E-state index in [1.165, 1.54) is 0 Å².